The molecular formula is C23H34O3. The molecule has 0 bridgehead atoms. The molecule has 0 fully saturated rings. The number of rotatable bonds is 11. The Morgan fingerprint density at radius 1 is 0.654 bits per heavy atom. The molecule has 26 heavy (non-hydrogen) atoms. The highest BCUT2D eigenvalue weighted by molar-refractivity contribution is 6.24. The summed E-state index contributed by atoms with van der Waals surface area (Å²) < 4.78 is 0. The van der Waals surface area contributed by atoms with Crippen LogP contribution in [0.4, 0.5) is 0 Å². The molecule has 0 amide bonds. The Morgan fingerprint density at radius 3 is 1.27 bits per heavy atom. The van der Waals surface area contributed by atoms with Crippen molar-refractivity contribution in [3.8, 4) is 0 Å². The highest BCUT2D eigenvalue weighted by Gasteiger charge is 2.28. The first-order chi connectivity index (χ1) is 12.0. The largest absolute Gasteiger partial charge is 0.299 e. The zero-order valence-corrected chi connectivity index (χ0v) is 17.4. The van der Waals surface area contributed by atoms with Crippen LogP contribution in [0, 0.1) is 5.92 Å². The Hall–Kier alpha value is -2.03. The van der Waals surface area contributed by atoms with Gasteiger partial charge in [-0.15, -0.1) is 0 Å². The van der Waals surface area contributed by atoms with Crippen LogP contribution in [-0.4, -0.2) is 17.3 Å². The van der Waals surface area contributed by atoms with E-state index in [1.807, 2.05) is 41.5 Å². The normalized spacial score (nSPS) is 12.0. The monoisotopic (exact) mass is 358 g/mol. The molecule has 0 spiro atoms. The van der Waals surface area contributed by atoms with Gasteiger partial charge in [-0.2, -0.15) is 0 Å². The molecule has 144 valence electrons. The molecule has 0 aromatic rings. The van der Waals surface area contributed by atoms with Gasteiger partial charge in [0.2, 0.25) is 0 Å². The lowest BCUT2D eigenvalue weighted by Crippen LogP contribution is -2.28. The van der Waals surface area contributed by atoms with Crippen molar-refractivity contribution < 1.29 is 14.4 Å². The number of carbonyl (C=O) groups is 3. The van der Waals surface area contributed by atoms with Crippen LogP contribution in [0.25, 0.3) is 0 Å². The van der Waals surface area contributed by atoms with Gasteiger partial charge in [0, 0.05) is 0 Å². The molecule has 0 aliphatic rings. The third kappa shape index (κ3) is 10.8. The third-order valence-electron chi connectivity index (χ3n) is 3.94. The van der Waals surface area contributed by atoms with Crippen LogP contribution < -0.4 is 0 Å². The van der Waals surface area contributed by atoms with Gasteiger partial charge >= 0.3 is 0 Å². The highest BCUT2D eigenvalue weighted by Crippen LogP contribution is 2.14. The van der Waals surface area contributed by atoms with E-state index in [0.717, 1.165) is 36.8 Å². The number of allylic oxidation sites excluding steroid dienone is 8. The first-order valence-electron chi connectivity index (χ1n) is 9.23. The molecule has 0 unspecified atom stereocenters. The van der Waals surface area contributed by atoms with Crippen LogP contribution in [0.3, 0.4) is 0 Å². The van der Waals surface area contributed by atoms with E-state index in [4.69, 9.17) is 0 Å². The first-order valence-corrected chi connectivity index (χ1v) is 9.23. The van der Waals surface area contributed by atoms with Crippen molar-refractivity contribution >= 4 is 17.3 Å². The maximum atomic E-state index is 12.4. The third-order valence-corrected chi connectivity index (χ3v) is 3.94. The summed E-state index contributed by atoms with van der Waals surface area (Å²) in [5.74, 6) is -2.44. The van der Waals surface area contributed by atoms with Gasteiger partial charge in [0.15, 0.2) is 11.6 Å². The van der Waals surface area contributed by atoms with E-state index in [1.165, 1.54) is 30.2 Å². The molecule has 0 aromatic heterocycles. The molecule has 0 atom stereocenters. The van der Waals surface area contributed by atoms with Crippen molar-refractivity contribution in [1.82, 2.24) is 0 Å². The van der Waals surface area contributed by atoms with E-state index in [9.17, 15) is 14.4 Å². The van der Waals surface area contributed by atoms with E-state index in [-0.39, 0.29) is 0 Å². The lowest BCUT2D eigenvalue weighted by atomic mass is 9.91. The molecule has 0 N–H and O–H groups in total. The van der Waals surface area contributed by atoms with Gasteiger partial charge in [-0.1, -0.05) is 34.4 Å². The van der Waals surface area contributed by atoms with Crippen molar-refractivity contribution in [3.63, 3.8) is 0 Å². The minimum absolute atomic E-state index is 0.401. The van der Waals surface area contributed by atoms with Crippen LogP contribution in [0.15, 0.2) is 46.6 Å². The summed E-state index contributed by atoms with van der Waals surface area (Å²) in [7, 11) is 0. The van der Waals surface area contributed by atoms with E-state index in [1.54, 1.807) is 0 Å². The maximum absolute atomic E-state index is 12.4. The Balaban J connectivity index is 5.07. The van der Waals surface area contributed by atoms with Crippen LogP contribution in [0.2, 0.25) is 0 Å². The molecule has 3 heteroatoms. The predicted octanol–water partition coefficient (Wildman–Crippen LogP) is 5.72. The second kappa shape index (κ2) is 12.3. The second-order valence-electron chi connectivity index (χ2n) is 7.47. The van der Waals surface area contributed by atoms with Crippen molar-refractivity contribution in [1.29, 1.82) is 0 Å². The Labute approximate surface area is 158 Å². The Kier molecular flexibility index (Phi) is 11.4. The van der Waals surface area contributed by atoms with Gasteiger partial charge in [0.05, 0.1) is 0 Å². The van der Waals surface area contributed by atoms with Crippen molar-refractivity contribution in [3.05, 3.63) is 46.6 Å². The number of Topliss-reactive ketones (excluding diaryl/α,β-unsaturated/α-hetero) is 1. The topological polar surface area (TPSA) is 51.2 Å². The smallest absolute Gasteiger partial charge is 0.173 e. The van der Waals surface area contributed by atoms with Gasteiger partial charge in [0.25, 0.3) is 0 Å². The van der Waals surface area contributed by atoms with Crippen LogP contribution in [0.1, 0.15) is 74.1 Å². The minimum atomic E-state index is -1.22. The standard InChI is InChI=1S/C23H34O3/c1-16(2)10-8-12-18(5)14-21(25)23(20(7)24)22(26)15-19(6)13-9-11-17(3)4/h10-11,14-15,23H,8-9,12-13H2,1-7H3/b18-14+,19-15+. The number of hydrogen-bond donors (Lipinski definition) is 0. The van der Waals surface area contributed by atoms with Gasteiger partial charge in [-0.05, 0) is 86.3 Å². The fourth-order valence-electron chi connectivity index (χ4n) is 2.51. The zero-order chi connectivity index (χ0) is 20.3. The summed E-state index contributed by atoms with van der Waals surface area (Å²) in [6.07, 6.45) is 10.3. The average molecular weight is 359 g/mol. The van der Waals surface area contributed by atoms with E-state index < -0.39 is 23.3 Å². The molecular weight excluding hydrogens is 324 g/mol. The Bertz CT molecular complexity index is 584. The molecule has 0 aromatic carbocycles. The van der Waals surface area contributed by atoms with Crippen molar-refractivity contribution in [2.45, 2.75) is 74.1 Å². The fraction of sp³-hybridized carbons (Fsp3) is 0.522. The van der Waals surface area contributed by atoms with E-state index >= 15 is 0 Å². The fourth-order valence-corrected chi connectivity index (χ4v) is 2.51. The minimum Gasteiger partial charge on any atom is -0.299 e. The molecule has 3 nitrogen and oxygen atoms in total. The molecule has 0 aliphatic heterocycles. The highest BCUT2D eigenvalue weighted by atomic mass is 16.2. The molecule has 0 saturated heterocycles. The van der Waals surface area contributed by atoms with Crippen LogP contribution >= 0.6 is 0 Å². The van der Waals surface area contributed by atoms with Crippen LogP contribution in [-0.2, 0) is 14.4 Å². The maximum Gasteiger partial charge on any atom is 0.173 e. The van der Waals surface area contributed by atoms with Crippen LogP contribution in [0.5, 0.6) is 0 Å². The second-order valence-corrected chi connectivity index (χ2v) is 7.47. The number of carbonyl (C=O) groups excluding carboxylic acids is 3. The van der Waals surface area contributed by atoms with Gasteiger partial charge in [0.1, 0.15) is 11.7 Å². The average Bonchev–Trinajstić information content (AvgIpc) is 2.45. The van der Waals surface area contributed by atoms with E-state index in [2.05, 4.69) is 12.2 Å². The molecule has 0 saturated carbocycles. The Morgan fingerprint density at radius 2 is 1.00 bits per heavy atom. The summed E-state index contributed by atoms with van der Waals surface area (Å²) in [6, 6.07) is 0. The van der Waals surface area contributed by atoms with E-state index in [0.29, 0.717) is 0 Å². The SMILES string of the molecule is CC(=O)C(C(=O)/C=C(\C)CCC=C(C)C)C(=O)/C=C(\C)CCC=C(C)C. The molecule has 0 heterocycles. The van der Waals surface area contributed by atoms with Gasteiger partial charge < -0.3 is 0 Å². The molecule has 0 aliphatic carbocycles. The zero-order valence-electron chi connectivity index (χ0n) is 17.4. The summed E-state index contributed by atoms with van der Waals surface area (Å²) >= 11 is 0. The van der Waals surface area contributed by atoms with Crippen molar-refractivity contribution in [2.24, 2.45) is 5.92 Å². The molecule has 0 rings (SSSR count). The first kappa shape index (κ1) is 24.0. The van der Waals surface area contributed by atoms with Gasteiger partial charge in [-0.25, -0.2) is 0 Å². The van der Waals surface area contributed by atoms with Gasteiger partial charge in [-0.3, -0.25) is 14.4 Å². The molecule has 0 radical (unpaired) electrons. The summed E-state index contributed by atoms with van der Waals surface area (Å²) in [6.45, 7) is 13.1. The summed E-state index contributed by atoms with van der Waals surface area (Å²) in [5, 5.41) is 0. The lowest BCUT2D eigenvalue weighted by molar-refractivity contribution is -0.135. The summed E-state index contributed by atoms with van der Waals surface area (Å²) in [5.41, 5.74) is 4.23. The van der Waals surface area contributed by atoms with Crippen molar-refractivity contribution in [2.75, 3.05) is 0 Å². The predicted molar refractivity (Wildman–Crippen MR) is 109 cm³/mol. The summed E-state index contributed by atoms with van der Waals surface area (Å²) in [4.78, 5) is 36.8. The number of hydrogen-bond acceptors (Lipinski definition) is 3. The number of ketones is 3. The lowest BCUT2D eigenvalue weighted by Gasteiger charge is -2.09. The quantitative estimate of drug-likeness (QED) is 0.270.